The second-order valence-electron chi connectivity index (χ2n) is 9.93. The third-order valence-electron chi connectivity index (χ3n) is 7.76. The number of piperazine rings is 1. The summed E-state index contributed by atoms with van der Waals surface area (Å²) in [4.78, 5) is 57.7. The van der Waals surface area contributed by atoms with Gasteiger partial charge in [-0.3, -0.25) is 19.0 Å². The molecule has 2 aromatic rings. The zero-order valence-electron chi connectivity index (χ0n) is 20.9. The van der Waals surface area contributed by atoms with E-state index in [4.69, 9.17) is 4.74 Å². The normalized spacial score (nSPS) is 21.7. The Kier molecular flexibility index (Phi) is 7.62. The lowest BCUT2D eigenvalue weighted by Crippen LogP contribution is -2.53. The first kappa shape index (κ1) is 25.0. The van der Waals surface area contributed by atoms with E-state index in [-0.39, 0.29) is 35.1 Å². The van der Waals surface area contributed by atoms with Crippen LogP contribution in [-0.2, 0) is 16.1 Å². The highest BCUT2D eigenvalue weighted by Gasteiger charge is 2.32. The van der Waals surface area contributed by atoms with Crippen molar-refractivity contribution in [2.45, 2.75) is 52.5 Å². The van der Waals surface area contributed by atoms with Crippen LogP contribution in [0, 0.1) is 17.8 Å². The number of fused-ring (bicyclic) bond motifs is 1. The molecule has 1 atom stereocenters. The summed E-state index contributed by atoms with van der Waals surface area (Å²) in [5.41, 5.74) is -0.223. The summed E-state index contributed by atoms with van der Waals surface area (Å²) < 4.78 is 6.50. The average molecular weight is 485 g/mol. The molecule has 1 aliphatic carbocycles. The van der Waals surface area contributed by atoms with Crippen LogP contribution >= 0.6 is 0 Å². The first-order valence-electron chi connectivity index (χ1n) is 12.7. The Labute approximate surface area is 205 Å². The molecule has 1 aromatic heterocycles. The first-order chi connectivity index (χ1) is 16.8. The molecule has 1 aromatic carbocycles. The van der Waals surface area contributed by atoms with Gasteiger partial charge < -0.3 is 19.5 Å². The van der Waals surface area contributed by atoms with E-state index in [0.717, 1.165) is 32.1 Å². The van der Waals surface area contributed by atoms with Gasteiger partial charge in [0.05, 0.1) is 18.0 Å². The standard InChI is InChI=1S/C26H36N4O5/c1-4-17(2)23(31)28-11-13-29(14-12-28)24(32)19-7-5-18(6-8-19)16-30-25(33)21-15-20(35-3)9-10-22(21)27-26(30)34/h9-10,15,17-19H,4-8,11-14,16H2,1-3H3,(H,27,34)/t17?,18-,19-. The molecule has 1 N–H and O–H groups in total. The van der Waals surface area contributed by atoms with Crippen molar-refractivity contribution in [2.24, 2.45) is 17.8 Å². The summed E-state index contributed by atoms with van der Waals surface area (Å²) in [5.74, 6) is 1.09. The van der Waals surface area contributed by atoms with Gasteiger partial charge in [0.15, 0.2) is 0 Å². The van der Waals surface area contributed by atoms with Gasteiger partial charge in [-0.15, -0.1) is 0 Å². The molecule has 190 valence electrons. The number of nitrogens with one attached hydrogen (secondary N) is 1. The van der Waals surface area contributed by atoms with E-state index >= 15 is 0 Å². The van der Waals surface area contributed by atoms with E-state index in [0.29, 0.717) is 49.4 Å². The van der Waals surface area contributed by atoms with Crippen LogP contribution in [-0.4, -0.2) is 64.5 Å². The van der Waals surface area contributed by atoms with Crippen LogP contribution in [0.3, 0.4) is 0 Å². The Morgan fingerprint density at radius 2 is 1.71 bits per heavy atom. The second kappa shape index (κ2) is 10.7. The fourth-order valence-electron chi connectivity index (χ4n) is 5.26. The topological polar surface area (TPSA) is 105 Å². The number of aromatic nitrogens is 2. The Bertz CT molecular complexity index is 1190. The van der Waals surface area contributed by atoms with E-state index in [1.807, 2.05) is 23.6 Å². The summed E-state index contributed by atoms with van der Waals surface area (Å²) in [6, 6.07) is 5.04. The maximum absolute atomic E-state index is 13.1. The predicted octanol–water partition coefficient (Wildman–Crippen LogP) is 2.22. The maximum atomic E-state index is 13.1. The zero-order chi connectivity index (χ0) is 25.1. The molecule has 0 bridgehead atoms. The van der Waals surface area contributed by atoms with Crippen LogP contribution in [0.2, 0.25) is 0 Å². The largest absolute Gasteiger partial charge is 0.497 e. The van der Waals surface area contributed by atoms with Crippen LogP contribution in [0.1, 0.15) is 46.0 Å². The van der Waals surface area contributed by atoms with Crippen LogP contribution in [0.15, 0.2) is 27.8 Å². The molecule has 2 amide bonds. The van der Waals surface area contributed by atoms with Gasteiger partial charge in [0.2, 0.25) is 11.8 Å². The number of aromatic amines is 1. The van der Waals surface area contributed by atoms with Crippen molar-refractivity contribution in [1.29, 1.82) is 0 Å². The number of rotatable bonds is 6. The highest BCUT2D eigenvalue weighted by atomic mass is 16.5. The van der Waals surface area contributed by atoms with Gasteiger partial charge in [-0.05, 0) is 56.2 Å². The van der Waals surface area contributed by atoms with Crippen molar-refractivity contribution in [3.05, 3.63) is 39.0 Å². The van der Waals surface area contributed by atoms with Crippen LogP contribution in [0.4, 0.5) is 0 Å². The number of amides is 2. The summed E-state index contributed by atoms with van der Waals surface area (Å²) in [5, 5.41) is 0.429. The highest BCUT2D eigenvalue weighted by molar-refractivity contribution is 5.81. The number of carbonyl (C=O) groups is 2. The molecule has 2 aliphatic rings. The Balaban J connectivity index is 1.34. The van der Waals surface area contributed by atoms with Crippen molar-refractivity contribution in [3.8, 4) is 5.75 Å². The van der Waals surface area contributed by atoms with E-state index in [1.54, 1.807) is 18.2 Å². The number of benzene rings is 1. The number of nitrogens with zero attached hydrogens (tertiary/aromatic N) is 3. The van der Waals surface area contributed by atoms with Gasteiger partial charge in [-0.25, -0.2) is 4.79 Å². The number of hydrogen-bond acceptors (Lipinski definition) is 5. The van der Waals surface area contributed by atoms with Gasteiger partial charge >= 0.3 is 5.69 Å². The lowest BCUT2D eigenvalue weighted by atomic mass is 9.81. The number of ether oxygens (including phenoxy) is 1. The second-order valence-corrected chi connectivity index (χ2v) is 9.93. The summed E-state index contributed by atoms with van der Waals surface area (Å²) in [6.45, 7) is 6.69. The number of hydrogen-bond donors (Lipinski definition) is 1. The van der Waals surface area contributed by atoms with Gasteiger partial charge in [0, 0.05) is 44.6 Å². The first-order valence-corrected chi connectivity index (χ1v) is 12.7. The summed E-state index contributed by atoms with van der Waals surface area (Å²) in [6.07, 6.45) is 3.93. The minimum Gasteiger partial charge on any atom is -0.497 e. The molecule has 0 spiro atoms. The third-order valence-corrected chi connectivity index (χ3v) is 7.76. The number of H-pyrrole nitrogens is 1. The van der Waals surface area contributed by atoms with Gasteiger partial charge in [-0.2, -0.15) is 0 Å². The Hall–Kier alpha value is -3.10. The minimum atomic E-state index is -0.407. The van der Waals surface area contributed by atoms with Crippen molar-refractivity contribution < 1.29 is 14.3 Å². The molecule has 0 radical (unpaired) electrons. The van der Waals surface area contributed by atoms with Gasteiger partial charge in [-0.1, -0.05) is 13.8 Å². The summed E-state index contributed by atoms with van der Waals surface area (Å²) in [7, 11) is 1.54. The molecule has 1 aliphatic heterocycles. The van der Waals surface area contributed by atoms with Crippen LogP contribution in [0.5, 0.6) is 5.75 Å². The molecule has 9 heteroatoms. The van der Waals surface area contributed by atoms with Gasteiger partial charge in [0.25, 0.3) is 5.56 Å². The molecule has 1 saturated heterocycles. The predicted molar refractivity (Wildman–Crippen MR) is 133 cm³/mol. The summed E-state index contributed by atoms with van der Waals surface area (Å²) >= 11 is 0. The smallest absolute Gasteiger partial charge is 0.328 e. The fourth-order valence-corrected chi connectivity index (χ4v) is 5.26. The van der Waals surface area contributed by atoms with Crippen molar-refractivity contribution in [1.82, 2.24) is 19.4 Å². The van der Waals surface area contributed by atoms with E-state index < -0.39 is 5.69 Å². The van der Waals surface area contributed by atoms with Crippen molar-refractivity contribution in [3.63, 3.8) is 0 Å². The van der Waals surface area contributed by atoms with Crippen LogP contribution < -0.4 is 16.0 Å². The quantitative estimate of drug-likeness (QED) is 0.677. The number of methoxy groups -OCH3 is 1. The SMILES string of the molecule is CCC(C)C(=O)N1CCN(C(=O)[C@H]2CC[C@H](Cn3c(=O)[nH]c4ccc(OC)cc4c3=O)CC2)CC1. The minimum absolute atomic E-state index is 0.0249. The molecular formula is C26H36N4O5. The molecule has 2 fully saturated rings. The number of carbonyl (C=O) groups excluding carboxylic acids is 2. The molecule has 9 nitrogen and oxygen atoms in total. The average Bonchev–Trinajstić information content (AvgIpc) is 2.90. The molecule has 2 heterocycles. The van der Waals surface area contributed by atoms with E-state index in [9.17, 15) is 19.2 Å². The molecule has 1 unspecified atom stereocenters. The molecule has 35 heavy (non-hydrogen) atoms. The van der Waals surface area contributed by atoms with Crippen molar-refractivity contribution in [2.75, 3.05) is 33.3 Å². The lowest BCUT2D eigenvalue weighted by Gasteiger charge is -2.38. The third kappa shape index (κ3) is 5.28. The van der Waals surface area contributed by atoms with Crippen LogP contribution in [0.25, 0.3) is 10.9 Å². The van der Waals surface area contributed by atoms with Crippen molar-refractivity contribution >= 4 is 22.7 Å². The molecule has 4 rings (SSSR count). The van der Waals surface area contributed by atoms with E-state index in [1.165, 1.54) is 11.7 Å². The Morgan fingerprint density at radius 3 is 2.34 bits per heavy atom. The van der Waals surface area contributed by atoms with E-state index in [2.05, 4.69) is 4.98 Å². The zero-order valence-corrected chi connectivity index (χ0v) is 20.9. The molecular weight excluding hydrogens is 448 g/mol. The highest BCUT2D eigenvalue weighted by Crippen LogP contribution is 2.31. The Morgan fingerprint density at radius 1 is 1.06 bits per heavy atom. The van der Waals surface area contributed by atoms with Gasteiger partial charge in [0.1, 0.15) is 5.75 Å². The monoisotopic (exact) mass is 484 g/mol. The fraction of sp³-hybridized carbons (Fsp3) is 0.615. The molecule has 1 saturated carbocycles. The maximum Gasteiger partial charge on any atom is 0.328 e. The lowest BCUT2D eigenvalue weighted by molar-refractivity contribution is -0.144.